The van der Waals surface area contributed by atoms with Crippen LogP contribution in [-0.4, -0.2) is 47.4 Å². The predicted molar refractivity (Wildman–Crippen MR) is 89.1 cm³/mol. The van der Waals surface area contributed by atoms with E-state index < -0.39 is 10.8 Å². The van der Waals surface area contributed by atoms with Crippen LogP contribution in [-0.2, 0) is 9.59 Å². The molecule has 0 unspecified atom stereocenters. The summed E-state index contributed by atoms with van der Waals surface area (Å²) >= 11 is 5.87. The summed E-state index contributed by atoms with van der Waals surface area (Å²) in [6, 6.07) is 3.69. The minimum atomic E-state index is -0.581. The lowest BCUT2D eigenvalue weighted by Crippen LogP contribution is -2.47. The summed E-state index contributed by atoms with van der Waals surface area (Å²) in [6.45, 7) is 5.08. The van der Waals surface area contributed by atoms with Crippen molar-refractivity contribution in [1.29, 1.82) is 0 Å². The number of likely N-dealkylation sites (N-methyl/N-ethyl adjacent to an activating group) is 1. The minimum absolute atomic E-state index is 0.0325. The molecule has 0 aliphatic carbocycles. The molecular weight excluding hydrogens is 338 g/mol. The lowest BCUT2D eigenvalue weighted by Gasteiger charge is -2.23. The number of nitrogens with one attached hydrogen (secondary N) is 1. The first kappa shape index (κ1) is 19.7. The van der Waals surface area contributed by atoms with Crippen LogP contribution in [0.15, 0.2) is 18.2 Å². The number of nitrogens with zero attached hydrogens (tertiary/aromatic N) is 2. The molecule has 2 amide bonds. The van der Waals surface area contributed by atoms with Gasteiger partial charge in [0.1, 0.15) is 5.75 Å². The monoisotopic (exact) mass is 357 g/mol. The van der Waals surface area contributed by atoms with E-state index in [4.69, 9.17) is 16.3 Å². The molecule has 1 aromatic rings. The van der Waals surface area contributed by atoms with Crippen molar-refractivity contribution in [2.75, 3.05) is 20.2 Å². The Morgan fingerprint density at radius 3 is 2.50 bits per heavy atom. The Balaban J connectivity index is 2.56. The number of amides is 2. The molecule has 0 aliphatic heterocycles. The van der Waals surface area contributed by atoms with Crippen LogP contribution in [0, 0.1) is 10.1 Å². The molecule has 0 saturated carbocycles. The van der Waals surface area contributed by atoms with Crippen molar-refractivity contribution >= 4 is 29.1 Å². The Labute approximate surface area is 144 Å². The highest BCUT2D eigenvalue weighted by Crippen LogP contribution is 2.28. The highest BCUT2D eigenvalue weighted by Gasteiger charge is 2.18. The molecule has 1 aromatic carbocycles. The first-order chi connectivity index (χ1) is 11.0. The second-order valence-corrected chi connectivity index (χ2v) is 6.62. The van der Waals surface area contributed by atoms with E-state index in [0.717, 1.165) is 6.07 Å². The molecule has 0 heterocycles. The fraction of sp³-hybridized carbons (Fsp3) is 0.467. The SMILES string of the molecule is CN(CC(=O)NC(C)(C)C)C(=O)COc1ccc([N+](=O)[O-])cc1Cl. The van der Waals surface area contributed by atoms with Crippen molar-refractivity contribution in [3.05, 3.63) is 33.3 Å². The van der Waals surface area contributed by atoms with Gasteiger partial charge in [-0.15, -0.1) is 0 Å². The van der Waals surface area contributed by atoms with E-state index in [1.165, 1.54) is 24.1 Å². The molecular formula is C15H20ClN3O5. The van der Waals surface area contributed by atoms with Crippen LogP contribution in [0.4, 0.5) is 5.69 Å². The molecule has 132 valence electrons. The molecule has 0 aromatic heterocycles. The fourth-order valence-corrected chi connectivity index (χ4v) is 1.96. The number of carbonyl (C=O) groups excluding carboxylic acids is 2. The number of halogens is 1. The third kappa shape index (κ3) is 6.41. The number of nitro benzene ring substituents is 1. The maximum absolute atomic E-state index is 12.0. The standard InChI is InChI=1S/C15H20ClN3O5/c1-15(2,3)17-13(20)8-18(4)14(21)9-24-12-6-5-10(19(22)23)7-11(12)16/h5-7H,8-9H2,1-4H3,(H,17,20). The highest BCUT2D eigenvalue weighted by atomic mass is 35.5. The molecule has 0 aliphatic rings. The number of hydrogen-bond acceptors (Lipinski definition) is 5. The van der Waals surface area contributed by atoms with Gasteiger partial charge < -0.3 is 15.0 Å². The topological polar surface area (TPSA) is 102 Å². The van der Waals surface area contributed by atoms with Crippen LogP contribution in [0.1, 0.15) is 20.8 Å². The van der Waals surface area contributed by atoms with Crippen LogP contribution in [0.2, 0.25) is 5.02 Å². The predicted octanol–water partition coefficient (Wildman–Crippen LogP) is 2.00. The zero-order valence-electron chi connectivity index (χ0n) is 14.0. The second-order valence-electron chi connectivity index (χ2n) is 6.21. The third-order valence-electron chi connectivity index (χ3n) is 2.80. The molecule has 8 nitrogen and oxygen atoms in total. The van der Waals surface area contributed by atoms with Gasteiger partial charge >= 0.3 is 0 Å². The molecule has 0 spiro atoms. The largest absolute Gasteiger partial charge is 0.482 e. The molecule has 24 heavy (non-hydrogen) atoms. The Morgan fingerprint density at radius 1 is 1.38 bits per heavy atom. The summed E-state index contributed by atoms with van der Waals surface area (Å²) in [5, 5.41) is 13.4. The smallest absolute Gasteiger partial charge is 0.271 e. The zero-order valence-corrected chi connectivity index (χ0v) is 14.7. The molecule has 1 N–H and O–H groups in total. The molecule has 0 fully saturated rings. The van der Waals surface area contributed by atoms with E-state index in [2.05, 4.69) is 5.32 Å². The Bertz CT molecular complexity index is 642. The van der Waals surface area contributed by atoms with E-state index in [1.54, 1.807) is 0 Å². The van der Waals surface area contributed by atoms with Crippen LogP contribution in [0.5, 0.6) is 5.75 Å². The highest BCUT2D eigenvalue weighted by molar-refractivity contribution is 6.32. The van der Waals surface area contributed by atoms with Gasteiger partial charge in [-0.05, 0) is 26.8 Å². The Hall–Kier alpha value is -2.35. The van der Waals surface area contributed by atoms with Gasteiger partial charge in [-0.25, -0.2) is 0 Å². The quantitative estimate of drug-likeness (QED) is 0.619. The summed E-state index contributed by atoms with van der Waals surface area (Å²) in [6.07, 6.45) is 0. The molecule has 9 heteroatoms. The van der Waals surface area contributed by atoms with Gasteiger partial charge in [0, 0.05) is 24.7 Å². The van der Waals surface area contributed by atoms with E-state index in [9.17, 15) is 19.7 Å². The molecule has 1 rings (SSSR count). The summed E-state index contributed by atoms with van der Waals surface area (Å²) in [5.41, 5.74) is -0.557. The number of non-ortho nitro benzene ring substituents is 1. The maximum Gasteiger partial charge on any atom is 0.271 e. The van der Waals surface area contributed by atoms with Gasteiger partial charge in [0.2, 0.25) is 5.91 Å². The normalized spacial score (nSPS) is 10.9. The maximum atomic E-state index is 12.0. The zero-order chi connectivity index (χ0) is 18.5. The van der Waals surface area contributed by atoms with Crippen molar-refractivity contribution < 1.29 is 19.2 Å². The second kappa shape index (κ2) is 7.96. The summed E-state index contributed by atoms with van der Waals surface area (Å²) in [7, 11) is 1.48. The Kier molecular flexibility index (Phi) is 6.53. The van der Waals surface area contributed by atoms with Gasteiger partial charge in [-0.3, -0.25) is 19.7 Å². The minimum Gasteiger partial charge on any atom is -0.482 e. The third-order valence-corrected chi connectivity index (χ3v) is 3.09. The average molecular weight is 358 g/mol. The fourth-order valence-electron chi connectivity index (χ4n) is 1.73. The van der Waals surface area contributed by atoms with Crippen molar-refractivity contribution in [3.8, 4) is 5.75 Å². The van der Waals surface area contributed by atoms with Gasteiger partial charge in [0.25, 0.3) is 11.6 Å². The average Bonchev–Trinajstić information content (AvgIpc) is 2.43. The Morgan fingerprint density at radius 2 is 2.00 bits per heavy atom. The number of rotatable bonds is 6. The number of nitro groups is 1. The lowest BCUT2D eigenvalue weighted by atomic mass is 10.1. The molecule has 0 radical (unpaired) electrons. The summed E-state index contributed by atoms with van der Waals surface area (Å²) in [5.74, 6) is -0.552. The van der Waals surface area contributed by atoms with Gasteiger partial charge in [0.15, 0.2) is 6.61 Å². The van der Waals surface area contributed by atoms with E-state index in [1.807, 2.05) is 20.8 Å². The van der Waals surface area contributed by atoms with Crippen LogP contribution >= 0.6 is 11.6 Å². The lowest BCUT2D eigenvalue weighted by molar-refractivity contribution is -0.384. The summed E-state index contributed by atoms with van der Waals surface area (Å²) < 4.78 is 5.26. The number of ether oxygens (including phenoxy) is 1. The van der Waals surface area contributed by atoms with E-state index in [0.29, 0.717) is 0 Å². The van der Waals surface area contributed by atoms with Gasteiger partial charge in [-0.1, -0.05) is 11.6 Å². The first-order valence-electron chi connectivity index (χ1n) is 7.11. The van der Waals surface area contributed by atoms with E-state index in [-0.39, 0.29) is 41.1 Å². The van der Waals surface area contributed by atoms with Crippen LogP contribution in [0.25, 0.3) is 0 Å². The van der Waals surface area contributed by atoms with Crippen LogP contribution in [0.3, 0.4) is 0 Å². The van der Waals surface area contributed by atoms with Crippen LogP contribution < -0.4 is 10.1 Å². The molecule has 0 bridgehead atoms. The number of benzene rings is 1. The van der Waals surface area contributed by atoms with Crippen molar-refractivity contribution in [3.63, 3.8) is 0 Å². The molecule has 0 saturated heterocycles. The van der Waals surface area contributed by atoms with Crippen molar-refractivity contribution in [2.24, 2.45) is 0 Å². The molecule has 0 atom stereocenters. The van der Waals surface area contributed by atoms with Crippen molar-refractivity contribution in [2.45, 2.75) is 26.3 Å². The van der Waals surface area contributed by atoms with E-state index >= 15 is 0 Å². The summed E-state index contributed by atoms with van der Waals surface area (Å²) in [4.78, 5) is 35.0. The van der Waals surface area contributed by atoms with Gasteiger partial charge in [-0.2, -0.15) is 0 Å². The van der Waals surface area contributed by atoms with Gasteiger partial charge in [0.05, 0.1) is 16.5 Å². The first-order valence-corrected chi connectivity index (χ1v) is 7.49. The van der Waals surface area contributed by atoms with Crippen molar-refractivity contribution in [1.82, 2.24) is 10.2 Å². The number of hydrogen-bond donors (Lipinski definition) is 1. The number of carbonyl (C=O) groups is 2.